The summed E-state index contributed by atoms with van der Waals surface area (Å²) in [5.41, 5.74) is 32.9. The third-order valence-corrected chi connectivity index (χ3v) is 18.7. The second kappa shape index (κ2) is 28.2. The van der Waals surface area contributed by atoms with Gasteiger partial charge < -0.3 is 0 Å². The van der Waals surface area contributed by atoms with Crippen molar-refractivity contribution >= 4 is 0 Å². The summed E-state index contributed by atoms with van der Waals surface area (Å²) in [6.07, 6.45) is 18.2. The summed E-state index contributed by atoms with van der Waals surface area (Å²) in [5, 5.41) is 0. The van der Waals surface area contributed by atoms with Crippen molar-refractivity contribution in [2.75, 3.05) is 0 Å². The molecule has 0 saturated heterocycles. The normalized spacial score (nSPS) is 13.6. The number of rotatable bonds is 9. The van der Waals surface area contributed by atoms with Crippen molar-refractivity contribution in [3.8, 4) is 45.0 Å². The Bertz CT molecular complexity index is 3500. The summed E-state index contributed by atoms with van der Waals surface area (Å²) in [7, 11) is 8.63. The molecule has 4 heteroatoms. The maximum atomic E-state index is 2.43. The standard InChI is InChI=1S/C21H28N.C20H26N.C19H26N.C18H24N/c1-15-10-13-21(22(4)17(15)3)20-12-11-19(14-16(20)2)18-8-6-5-7-9-18;1-14-9-12-20(21(4)16(14)3)19-11-10-18(13-15(19)2)17-7-5-6-8-17;1-7-16-8-9-17(14(4)10-16)19-11-15(5)18(13(2)3)12-20(19)6;1-12(2)17-11-19(6)18(10-15(17)5)16-8-7-13(3)9-14(16)4/h10-14,18H,5-9H2,1-4H3;9-13,17H,5-8H2,1-4H3;8-13H,7H2,1-6H3;7-12H,1-6H3/q4*+1. The Morgan fingerprint density at radius 3 is 1.11 bits per heavy atom. The van der Waals surface area contributed by atoms with E-state index in [9.17, 15) is 0 Å². The fourth-order valence-electron chi connectivity index (χ4n) is 13.1. The molecule has 4 aromatic heterocycles. The Morgan fingerprint density at radius 1 is 0.366 bits per heavy atom. The molecule has 4 aromatic carbocycles. The second-order valence-electron chi connectivity index (χ2n) is 25.5. The third-order valence-electron chi connectivity index (χ3n) is 18.7. The molecule has 4 heterocycles. The van der Waals surface area contributed by atoms with Crippen LogP contribution in [0.5, 0.6) is 0 Å². The smallest absolute Gasteiger partial charge is 0.201 e. The van der Waals surface area contributed by atoms with Crippen LogP contribution in [0.25, 0.3) is 45.0 Å². The fraction of sp³-hybridized carbons (Fsp3) is 0.436. The molecular formula is C78H104N4+4. The summed E-state index contributed by atoms with van der Waals surface area (Å²) in [5.74, 6) is 2.72. The van der Waals surface area contributed by atoms with Gasteiger partial charge in [-0.1, -0.05) is 121 Å². The molecule has 0 atom stereocenters. The zero-order chi connectivity index (χ0) is 59.7. The van der Waals surface area contributed by atoms with E-state index >= 15 is 0 Å². The Balaban J connectivity index is 0.000000158. The highest BCUT2D eigenvalue weighted by Gasteiger charge is 2.23. The summed E-state index contributed by atoms with van der Waals surface area (Å²) in [4.78, 5) is 0. The highest BCUT2D eigenvalue weighted by Crippen LogP contribution is 2.37. The SMILES string of the molecule is CCc1ccc(-c2cc(C)c(C(C)C)c[n+]2C)c(C)c1.Cc1cc(C2CCCC2)ccc1-c1ccc(C)c(C)[n+]1C.Cc1cc(C2CCCCC2)ccc1-c1ccc(C)c(C)[n+]1C.Cc1ccc(-c2cc(C)c(C(C)C)c[n+]2C)c(C)c1. The lowest BCUT2D eigenvalue weighted by Crippen LogP contribution is -2.35. The van der Waals surface area contributed by atoms with E-state index in [2.05, 4.69) is 279 Å². The van der Waals surface area contributed by atoms with Crippen LogP contribution in [-0.4, -0.2) is 0 Å². The molecule has 0 aliphatic heterocycles. The van der Waals surface area contributed by atoms with E-state index in [1.54, 1.807) is 11.1 Å². The van der Waals surface area contributed by atoms with Crippen LogP contribution in [0.4, 0.5) is 0 Å². The van der Waals surface area contributed by atoms with E-state index in [1.807, 2.05) is 0 Å². The van der Waals surface area contributed by atoms with E-state index in [0.717, 1.165) is 18.3 Å². The number of hydrogen-bond acceptors (Lipinski definition) is 0. The predicted molar refractivity (Wildman–Crippen MR) is 349 cm³/mol. The molecule has 10 rings (SSSR count). The summed E-state index contributed by atoms with van der Waals surface area (Å²) in [6.45, 7) is 35.4. The number of aryl methyl sites for hydroxylation is 12. The summed E-state index contributed by atoms with van der Waals surface area (Å²) in [6, 6.07) is 41.3. The van der Waals surface area contributed by atoms with Gasteiger partial charge in [-0.15, -0.1) is 0 Å². The average molecular weight is 1100 g/mol. The molecule has 2 fully saturated rings. The van der Waals surface area contributed by atoms with E-state index in [1.165, 1.54) is 181 Å². The van der Waals surface area contributed by atoms with Gasteiger partial charge in [-0.3, -0.25) is 0 Å². The van der Waals surface area contributed by atoms with E-state index in [4.69, 9.17) is 0 Å². The molecule has 0 N–H and O–H groups in total. The van der Waals surface area contributed by atoms with Gasteiger partial charge in [-0.05, 0) is 205 Å². The maximum absolute atomic E-state index is 2.43. The molecule has 8 aromatic rings. The van der Waals surface area contributed by atoms with Crippen molar-refractivity contribution < 1.29 is 18.3 Å². The van der Waals surface area contributed by atoms with Crippen molar-refractivity contribution in [2.24, 2.45) is 28.2 Å². The minimum absolute atomic E-state index is 0.568. The Labute approximate surface area is 498 Å². The van der Waals surface area contributed by atoms with Crippen LogP contribution in [-0.2, 0) is 34.6 Å². The molecule has 0 radical (unpaired) electrons. The first kappa shape index (κ1) is 63.1. The van der Waals surface area contributed by atoms with Crippen LogP contribution in [0.3, 0.4) is 0 Å². The van der Waals surface area contributed by atoms with Crippen LogP contribution in [0.1, 0.15) is 205 Å². The van der Waals surface area contributed by atoms with Crippen molar-refractivity contribution in [1.82, 2.24) is 0 Å². The summed E-state index contributed by atoms with van der Waals surface area (Å²) >= 11 is 0. The number of hydrogen-bond donors (Lipinski definition) is 0. The number of benzene rings is 4. The number of pyridine rings is 4. The van der Waals surface area contributed by atoms with E-state index in [-0.39, 0.29) is 0 Å². The van der Waals surface area contributed by atoms with Gasteiger partial charge in [0.15, 0.2) is 23.8 Å². The first-order valence-electron chi connectivity index (χ1n) is 31.3. The Hall–Kier alpha value is -6.52. The minimum Gasteiger partial charge on any atom is -0.201 e. The first-order valence-corrected chi connectivity index (χ1v) is 31.3. The molecule has 2 aliphatic carbocycles. The topological polar surface area (TPSA) is 15.5 Å². The lowest BCUT2D eigenvalue weighted by Gasteiger charge is -2.22. The van der Waals surface area contributed by atoms with Crippen LogP contribution in [0, 0.1) is 76.2 Å². The van der Waals surface area contributed by atoms with E-state index < -0.39 is 0 Å². The van der Waals surface area contributed by atoms with Crippen molar-refractivity contribution in [1.29, 1.82) is 0 Å². The highest BCUT2D eigenvalue weighted by atomic mass is 15.0. The van der Waals surface area contributed by atoms with Crippen molar-refractivity contribution in [3.05, 3.63) is 211 Å². The molecule has 0 amide bonds. The molecule has 0 bridgehead atoms. The van der Waals surface area contributed by atoms with Gasteiger partial charge in [0, 0.05) is 82.6 Å². The number of nitrogens with zero attached hydrogens (tertiary/aromatic N) is 4. The van der Waals surface area contributed by atoms with Gasteiger partial charge in [0.1, 0.15) is 28.2 Å². The molecule has 0 unspecified atom stereocenters. The lowest BCUT2D eigenvalue weighted by molar-refractivity contribution is -0.667. The fourth-order valence-corrected chi connectivity index (χ4v) is 13.1. The van der Waals surface area contributed by atoms with Crippen LogP contribution >= 0.6 is 0 Å². The predicted octanol–water partition coefficient (Wildman–Crippen LogP) is 18.6. The highest BCUT2D eigenvalue weighted by molar-refractivity contribution is 5.65. The molecule has 432 valence electrons. The van der Waals surface area contributed by atoms with Gasteiger partial charge in [-0.2, -0.15) is 9.13 Å². The first-order chi connectivity index (χ1) is 39.0. The second-order valence-corrected chi connectivity index (χ2v) is 25.5. The summed E-state index contributed by atoms with van der Waals surface area (Å²) < 4.78 is 9.14. The zero-order valence-corrected chi connectivity index (χ0v) is 54.7. The molecule has 2 saturated carbocycles. The molecule has 4 nitrogen and oxygen atoms in total. The van der Waals surface area contributed by atoms with Gasteiger partial charge in [0.2, 0.25) is 22.8 Å². The monoisotopic (exact) mass is 1100 g/mol. The van der Waals surface area contributed by atoms with Gasteiger partial charge in [-0.25, -0.2) is 9.13 Å². The molecule has 82 heavy (non-hydrogen) atoms. The number of aromatic nitrogens is 4. The van der Waals surface area contributed by atoms with E-state index in [0.29, 0.717) is 11.8 Å². The van der Waals surface area contributed by atoms with Crippen LogP contribution in [0.2, 0.25) is 0 Å². The molecule has 2 aliphatic rings. The zero-order valence-electron chi connectivity index (χ0n) is 54.7. The minimum atomic E-state index is 0.568. The van der Waals surface area contributed by atoms with Crippen molar-refractivity contribution in [3.63, 3.8) is 0 Å². The Kier molecular flexibility index (Phi) is 21.7. The van der Waals surface area contributed by atoms with Crippen molar-refractivity contribution in [2.45, 2.75) is 199 Å². The quantitative estimate of drug-likeness (QED) is 0.128. The van der Waals surface area contributed by atoms with Crippen LogP contribution < -0.4 is 18.3 Å². The molecule has 0 spiro atoms. The van der Waals surface area contributed by atoms with Crippen LogP contribution in [0.15, 0.2) is 122 Å². The maximum Gasteiger partial charge on any atom is 0.212 e. The molecular weight excluding hydrogens is 993 g/mol. The Morgan fingerprint density at radius 2 is 0.732 bits per heavy atom. The largest absolute Gasteiger partial charge is 0.212 e. The van der Waals surface area contributed by atoms with Gasteiger partial charge >= 0.3 is 0 Å². The van der Waals surface area contributed by atoms with Gasteiger partial charge in [0.25, 0.3) is 0 Å². The van der Waals surface area contributed by atoms with Gasteiger partial charge in [0.05, 0.1) is 0 Å². The lowest BCUT2D eigenvalue weighted by atomic mass is 9.83. The third kappa shape index (κ3) is 15.0. The average Bonchev–Trinajstić information content (AvgIpc) is 4.14.